The van der Waals surface area contributed by atoms with Gasteiger partial charge in [0.2, 0.25) is 0 Å². The summed E-state index contributed by atoms with van der Waals surface area (Å²) >= 11 is 0. The molecular formula is C32H39N5O4. The van der Waals surface area contributed by atoms with Crippen molar-refractivity contribution in [2.24, 2.45) is 5.92 Å². The highest BCUT2D eigenvalue weighted by atomic mass is 16.6. The van der Waals surface area contributed by atoms with Crippen LogP contribution in [0, 0.1) is 12.8 Å². The number of likely N-dealkylation sites (tertiary alicyclic amines) is 1. The van der Waals surface area contributed by atoms with E-state index < -0.39 is 6.10 Å². The molecule has 0 saturated carbocycles. The van der Waals surface area contributed by atoms with Crippen LogP contribution >= 0.6 is 0 Å². The van der Waals surface area contributed by atoms with E-state index in [1.54, 1.807) is 4.68 Å². The van der Waals surface area contributed by atoms with E-state index in [1.165, 1.54) is 5.56 Å². The lowest BCUT2D eigenvalue weighted by atomic mass is 9.90. The van der Waals surface area contributed by atoms with E-state index in [-0.39, 0.29) is 23.3 Å². The number of cyclic esters (lactones) is 1. The maximum Gasteiger partial charge on any atom is 0.324 e. The lowest BCUT2D eigenvalue weighted by Gasteiger charge is -2.33. The molecule has 9 heteroatoms. The molecule has 41 heavy (non-hydrogen) atoms. The molecule has 0 aliphatic carbocycles. The first-order chi connectivity index (χ1) is 19.5. The van der Waals surface area contributed by atoms with Gasteiger partial charge in [-0.25, -0.2) is 9.48 Å². The largest absolute Gasteiger partial charge is 0.452 e. The summed E-state index contributed by atoms with van der Waals surface area (Å²) in [4.78, 5) is 38.7. The monoisotopic (exact) mass is 557 g/mol. The molecule has 9 nitrogen and oxygen atoms in total. The summed E-state index contributed by atoms with van der Waals surface area (Å²) in [5, 5.41) is 10.7. The third-order valence-electron chi connectivity index (χ3n) is 7.82. The fourth-order valence-corrected chi connectivity index (χ4v) is 5.32. The Bertz CT molecular complexity index is 1400. The van der Waals surface area contributed by atoms with Gasteiger partial charge in [-0.05, 0) is 61.9 Å². The normalized spacial score (nSPS) is 17.8. The molecule has 3 aromatic rings. The molecule has 2 saturated heterocycles. The van der Waals surface area contributed by atoms with Crippen molar-refractivity contribution in [3.63, 3.8) is 0 Å². The molecule has 2 aliphatic heterocycles. The minimum atomic E-state index is -0.597. The molecule has 0 spiro atoms. The third kappa shape index (κ3) is 6.96. The van der Waals surface area contributed by atoms with Gasteiger partial charge in [0.15, 0.2) is 6.10 Å². The molecule has 0 unspecified atom stereocenters. The molecule has 0 radical (unpaired) electrons. The number of carbonyl (C=O) groups is 3. The molecule has 1 atom stereocenters. The molecule has 2 N–H and O–H groups in total. The van der Waals surface area contributed by atoms with Gasteiger partial charge in [0.1, 0.15) is 5.82 Å². The summed E-state index contributed by atoms with van der Waals surface area (Å²) in [6.45, 7) is 9.70. The van der Waals surface area contributed by atoms with Crippen molar-refractivity contribution in [1.82, 2.24) is 14.7 Å². The second kappa shape index (κ2) is 11.8. The third-order valence-corrected chi connectivity index (χ3v) is 7.82. The molecule has 5 rings (SSSR count). The second-order valence-electron chi connectivity index (χ2n) is 12.2. The van der Waals surface area contributed by atoms with Crippen molar-refractivity contribution in [2.75, 3.05) is 23.7 Å². The Morgan fingerprint density at radius 2 is 1.66 bits per heavy atom. The first kappa shape index (κ1) is 28.4. The number of urea groups is 1. The first-order valence-electron chi connectivity index (χ1n) is 14.4. The lowest BCUT2D eigenvalue weighted by molar-refractivity contribution is -0.153. The van der Waals surface area contributed by atoms with Crippen LogP contribution in [0.1, 0.15) is 63.3 Å². The van der Waals surface area contributed by atoms with Crippen molar-refractivity contribution in [1.29, 1.82) is 0 Å². The number of ether oxygens (including phenoxy) is 1. The molecule has 3 heterocycles. The number of benzene rings is 2. The fraction of sp³-hybridized carbons (Fsp3) is 0.438. The van der Waals surface area contributed by atoms with Crippen molar-refractivity contribution in [2.45, 2.75) is 71.3 Å². The van der Waals surface area contributed by atoms with E-state index in [1.807, 2.05) is 66.4 Å². The molecular weight excluding hydrogens is 518 g/mol. The van der Waals surface area contributed by atoms with Gasteiger partial charge in [0.05, 0.1) is 11.4 Å². The molecule has 3 amide bonds. The highest BCUT2D eigenvalue weighted by molar-refractivity contribution is 5.99. The Kier molecular flexibility index (Phi) is 8.15. The van der Waals surface area contributed by atoms with Crippen LogP contribution in [-0.2, 0) is 26.2 Å². The van der Waals surface area contributed by atoms with Crippen LogP contribution in [0.4, 0.5) is 16.3 Å². The van der Waals surface area contributed by atoms with Crippen LogP contribution in [-0.4, -0.2) is 51.8 Å². The smallest absolute Gasteiger partial charge is 0.324 e. The Labute approximate surface area is 241 Å². The lowest BCUT2D eigenvalue weighted by Crippen LogP contribution is -2.44. The Morgan fingerprint density at radius 3 is 2.27 bits per heavy atom. The number of nitrogens with zero attached hydrogens (tertiary/aromatic N) is 3. The summed E-state index contributed by atoms with van der Waals surface area (Å²) in [7, 11) is 0. The molecule has 1 aromatic heterocycles. The van der Waals surface area contributed by atoms with Crippen LogP contribution in [0.3, 0.4) is 0 Å². The van der Waals surface area contributed by atoms with Crippen molar-refractivity contribution in [3.05, 3.63) is 71.4 Å². The first-order valence-corrected chi connectivity index (χ1v) is 14.4. The summed E-state index contributed by atoms with van der Waals surface area (Å²) in [5.41, 5.74) is 4.64. The molecule has 216 valence electrons. The van der Waals surface area contributed by atoms with Gasteiger partial charge in [0, 0.05) is 43.1 Å². The number of carbonyl (C=O) groups excluding carboxylic acids is 3. The number of nitrogens with one attached hydrogen (secondary N) is 2. The maximum atomic E-state index is 13.0. The van der Waals surface area contributed by atoms with Crippen LogP contribution in [0.25, 0.3) is 5.69 Å². The van der Waals surface area contributed by atoms with E-state index in [9.17, 15) is 14.4 Å². The Hall–Kier alpha value is -4.14. The quantitative estimate of drug-likeness (QED) is 0.384. The average molecular weight is 558 g/mol. The van der Waals surface area contributed by atoms with Gasteiger partial charge in [-0.2, -0.15) is 5.10 Å². The number of hydrogen-bond donors (Lipinski definition) is 2. The summed E-state index contributed by atoms with van der Waals surface area (Å²) in [5.74, 6) is 0.743. The van der Waals surface area contributed by atoms with Gasteiger partial charge in [0.25, 0.3) is 5.91 Å². The average Bonchev–Trinajstić information content (AvgIpc) is 3.57. The van der Waals surface area contributed by atoms with Gasteiger partial charge >= 0.3 is 12.0 Å². The highest BCUT2D eigenvalue weighted by Crippen LogP contribution is 2.28. The van der Waals surface area contributed by atoms with E-state index in [0.29, 0.717) is 43.4 Å². The number of anilines is 2. The fourth-order valence-electron chi connectivity index (χ4n) is 5.32. The number of piperidine rings is 1. The predicted molar refractivity (Wildman–Crippen MR) is 158 cm³/mol. The van der Waals surface area contributed by atoms with Crippen molar-refractivity contribution >= 4 is 29.4 Å². The second-order valence-corrected chi connectivity index (χ2v) is 12.2. The number of aryl methyl sites for hydroxylation is 1. The van der Waals surface area contributed by atoms with E-state index in [2.05, 4.69) is 31.4 Å². The van der Waals surface area contributed by atoms with Crippen LogP contribution in [0.2, 0.25) is 0 Å². The zero-order chi connectivity index (χ0) is 29.1. The Morgan fingerprint density at radius 1 is 0.976 bits per heavy atom. The SMILES string of the molecule is Cc1ccc(-n2nc(C(C)(C)C)cc2NC(=O)Nc2ccc(CC3CCN(C(=O)[C@H]4CCC(=O)O4)CC3)cc2)cc1. The zero-order valence-electron chi connectivity index (χ0n) is 24.3. The van der Waals surface area contributed by atoms with E-state index in [4.69, 9.17) is 9.84 Å². The summed E-state index contributed by atoms with van der Waals surface area (Å²) < 4.78 is 6.91. The van der Waals surface area contributed by atoms with Crippen molar-refractivity contribution in [3.8, 4) is 5.69 Å². The maximum absolute atomic E-state index is 13.0. The molecule has 2 aliphatic rings. The summed E-state index contributed by atoms with van der Waals surface area (Å²) in [6.07, 6.45) is 2.97. The highest BCUT2D eigenvalue weighted by Gasteiger charge is 2.34. The minimum absolute atomic E-state index is 0.0560. The predicted octanol–water partition coefficient (Wildman–Crippen LogP) is 5.61. The Balaban J connectivity index is 1.15. The number of esters is 1. The standard InChI is InChI=1S/C32H39N5O4/c1-21-5-11-25(12-6-21)37-28(20-27(35-37)32(2,3)4)34-31(40)33-24-9-7-22(8-10-24)19-23-15-17-36(18-16-23)30(39)26-13-14-29(38)41-26/h5-12,20,23,26H,13-19H2,1-4H3,(H2,33,34,40)/t26-/m1/s1. The molecule has 2 fully saturated rings. The van der Waals surface area contributed by atoms with E-state index >= 15 is 0 Å². The van der Waals surface area contributed by atoms with Gasteiger partial charge in [-0.15, -0.1) is 0 Å². The van der Waals surface area contributed by atoms with Gasteiger partial charge < -0.3 is 15.0 Å². The van der Waals surface area contributed by atoms with Gasteiger partial charge in [-0.1, -0.05) is 50.6 Å². The van der Waals surface area contributed by atoms with Crippen LogP contribution in [0.5, 0.6) is 0 Å². The zero-order valence-corrected chi connectivity index (χ0v) is 24.3. The number of rotatable bonds is 6. The van der Waals surface area contributed by atoms with Gasteiger partial charge in [-0.3, -0.25) is 14.9 Å². The molecule has 2 aromatic carbocycles. The number of aromatic nitrogens is 2. The minimum Gasteiger partial charge on any atom is -0.452 e. The van der Waals surface area contributed by atoms with Crippen molar-refractivity contribution < 1.29 is 19.1 Å². The van der Waals surface area contributed by atoms with Crippen LogP contribution in [0.15, 0.2) is 54.6 Å². The topological polar surface area (TPSA) is 106 Å². The van der Waals surface area contributed by atoms with Crippen LogP contribution < -0.4 is 10.6 Å². The number of amides is 3. The van der Waals surface area contributed by atoms with E-state index in [0.717, 1.165) is 36.2 Å². The molecule has 0 bridgehead atoms. The number of hydrogen-bond acceptors (Lipinski definition) is 5. The summed E-state index contributed by atoms with van der Waals surface area (Å²) in [6, 6.07) is 17.5.